The number of carbonyl (C=O) groups is 1. The molecule has 0 bridgehead atoms. The summed E-state index contributed by atoms with van der Waals surface area (Å²) in [4.78, 5) is 22.6. The summed E-state index contributed by atoms with van der Waals surface area (Å²) < 4.78 is 5.06. The van der Waals surface area contributed by atoms with E-state index in [1.807, 2.05) is 0 Å². The number of carbonyl (C=O) groups excluding carboxylic acids is 1. The molecule has 8 heteroatoms. The molecular weight excluding hydrogens is 306 g/mol. The Kier molecular flexibility index (Phi) is 4.71. The average molecular weight is 321 g/mol. The van der Waals surface area contributed by atoms with Crippen LogP contribution in [0.25, 0.3) is 5.70 Å². The van der Waals surface area contributed by atoms with Gasteiger partial charge in [-0.15, -0.1) is 0 Å². The highest BCUT2D eigenvalue weighted by atomic mass is 32.1. The van der Waals surface area contributed by atoms with Gasteiger partial charge in [-0.3, -0.25) is 10.1 Å². The van der Waals surface area contributed by atoms with Crippen molar-refractivity contribution in [2.45, 2.75) is 19.9 Å². The lowest BCUT2D eigenvalue weighted by Crippen LogP contribution is -2.48. The van der Waals surface area contributed by atoms with Crippen LogP contribution in [0.4, 0.5) is 5.69 Å². The van der Waals surface area contributed by atoms with Crippen molar-refractivity contribution >= 4 is 34.7 Å². The van der Waals surface area contributed by atoms with Crippen LogP contribution in [0.3, 0.4) is 0 Å². The van der Waals surface area contributed by atoms with Gasteiger partial charge < -0.3 is 15.4 Å². The zero-order valence-electron chi connectivity index (χ0n) is 12.1. The maximum absolute atomic E-state index is 12.2. The Morgan fingerprint density at radius 1 is 1.50 bits per heavy atom. The predicted molar refractivity (Wildman–Crippen MR) is 85.0 cm³/mol. The van der Waals surface area contributed by atoms with E-state index in [0.29, 0.717) is 21.9 Å². The van der Waals surface area contributed by atoms with E-state index in [1.165, 1.54) is 12.1 Å². The highest BCUT2D eigenvalue weighted by Crippen LogP contribution is 2.25. The van der Waals surface area contributed by atoms with Crippen LogP contribution in [0, 0.1) is 10.1 Å². The molecule has 0 aliphatic carbocycles. The van der Waals surface area contributed by atoms with Crippen molar-refractivity contribution in [1.29, 1.82) is 0 Å². The Bertz CT molecular complexity index is 672. The van der Waals surface area contributed by atoms with Gasteiger partial charge in [-0.2, -0.15) is 0 Å². The molecule has 1 aliphatic heterocycles. The number of benzene rings is 1. The molecule has 22 heavy (non-hydrogen) atoms. The van der Waals surface area contributed by atoms with Gasteiger partial charge in [-0.05, 0) is 26.1 Å². The molecule has 0 aromatic heterocycles. The van der Waals surface area contributed by atoms with Crippen molar-refractivity contribution in [3.05, 3.63) is 45.5 Å². The Balaban J connectivity index is 2.56. The standard InChI is InChI=1S/C14H15N3O4S/c1-3-21-13(18)11-8(2)15-14(22)16-12(11)9-5-4-6-10(7-9)17(19)20/h4-8H,3H2,1-2H3,(H2,15,16,22)/t8-/m1/s1. The lowest BCUT2D eigenvalue weighted by Gasteiger charge is -2.28. The Hall–Kier alpha value is -2.48. The summed E-state index contributed by atoms with van der Waals surface area (Å²) >= 11 is 5.11. The lowest BCUT2D eigenvalue weighted by atomic mass is 9.99. The average Bonchev–Trinajstić information content (AvgIpc) is 2.46. The first-order valence-electron chi connectivity index (χ1n) is 6.67. The van der Waals surface area contributed by atoms with E-state index in [2.05, 4.69) is 10.6 Å². The number of thiocarbonyl (C=S) groups is 1. The minimum atomic E-state index is -0.489. The normalized spacial score (nSPS) is 17.5. The Morgan fingerprint density at radius 3 is 2.86 bits per heavy atom. The first kappa shape index (κ1) is 15.9. The van der Waals surface area contributed by atoms with E-state index in [-0.39, 0.29) is 18.3 Å². The van der Waals surface area contributed by atoms with Gasteiger partial charge in [-0.1, -0.05) is 12.1 Å². The summed E-state index contributed by atoms with van der Waals surface area (Å²) in [6.07, 6.45) is 0. The molecule has 0 unspecified atom stereocenters. The molecule has 0 fully saturated rings. The summed E-state index contributed by atoms with van der Waals surface area (Å²) in [6.45, 7) is 3.73. The zero-order valence-corrected chi connectivity index (χ0v) is 12.9. The molecule has 1 aliphatic rings. The fourth-order valence-electron chi connectivity index (χ4n) is 2.19. The Morgan fingerprint density at radius 2 is 2.23 bits per heavy atom. The number of ether oxygens (including phenoxy) is 1. The molecule has 1 aromatic carbocycles. The highest BCUT2D eigenvalue weighted by molar-refractivity contribution is 7.80. The van der Waals surface area contributed by atoms with Gasteiger partial charge in [0, 0.05) is 17.7 Å². The molecular formula is C14H15N3O4S. The molecule has 1 atom stereocenters. The van der Waals surface area contributed by atoms with Crippen molar-refractivity contribution in [2.24, 2.45) is 0 Å². The van der Waals surface area contributed by atoms with Crippen molar-refractivity contribution in [2.75, 3.05) is 6.61 Å². The first-order valence-corrected chi connectivity index (χ1v) is 7.08. The third-order valence-electron chi connectivity index (χ3n) is 3.13. The van der Waals surface area contributed by atoms with E-state index < -0.39 is 10.9 Å². The Labute approximate surface area is 132 Å². The molecule has 2 rings (SSSR count). The van der Waals surface area contributed by atoms with Crippen molar-refractivity contribution < 1.29 is 14.5 Å². The number of hydrogen-bond donors (Lipinski definition) is 2. The molecule has 0 saturated carbocycles. The maximum atomic E-state index is 12.2. The monoisotopic (exact) mass is 321 g/mol. The van der Waals surface area contributed by atoms with Crippen LogP contribution >= 0.6 is 12.2 Å². The number of esters is 1. The van der Waals surface area contributed by atoms with Gasteiger partial charge in [0.15, 0.2) is 5.11 Å². The van der Waals surface area contributed by atoms with E-state index >= 15 is 0 Å². The summed E-state index contributed by atoms with van der Waals surface area (Å²) in [5.74, 6) is -0.487. The number of nitrogens with zero attached hydrogens (tertiary/aromatic N) is 1. The van der Waals surface area contributed by atoms with E-state index in [4.69, 9.17) is 17.0 Å². The van der Waals surface area contributed by atoms with Gasteiger partial charge >= 0.3 is 5.97 Å². The number of nitro benzene ring substituents is 1. The van der Waals surface area contributed by atoms with Gasteiger partial charge in [0.1, 0.15) is 0 Å². The molecule has 0 radical (unpaired) electrons. The van der Waals surface area contributed by atoms with E-state index in [0.717, 1.165) is 0 Å². The first-order chi connectivity index (χ1) is 10.4. The van der Waals surface area contributed by atoms with Crippen LogP contribution in [0.5, 0.6) is 0 Å². The fraction of sp³-hybridized carbons (Fsp3) is 0.286. The third kappa shape index (κ3) is 3.22. The summed E-state index contributed by atoms with van der Waals surface area (Å²) in [5, 5.41) is 17.1. The molecule has 1 heterocycles. The van der Waals surface area contributed by atoms with Crippen molar-refractivity contribution in [3.8, 4) is 0 Å². The lowest BCUT2D eigenvalue weighted by molar-refractivity contribution is -0.384. The largest absolute Gasteiger partial charge is 0.463 e. The topological polar surface area (TPSA) is 93.5 Å². The molecule has 0 spiro atoms. The van der Waals surface area contributed by atoms with Crippen LogP contribution in [0.15, 0.2) is 29.8 Å². The minimum Gasteiger partial charge on any atom is -0.463 e. The highest BCUT2D eigenvalue weighted by Gasteiger charge is 2.29. The quantitative estimate of drug-likeness (QED) is 0.377. The van der Waals surface area contributed by atoms with Crippen LogP contribution in [-0.4, -0.2) is 28.7 Å². The van der Waals surface area contributed by atoms with Gasteiger partial charge in [0.05, 0.1) is 28.8 Å². The van der Waals surface area contributed by atoms with Gasteiger partial charge in [-0.25, -0.2) is 4.79 Å². The van der Waals surface area contributed by atoms with Gasteiger partial charge in [0.2, 0.25) is 0 Å². The van der Waals surface area contributed by atoms with E-state index in [1.54, 1.807) is 26.0 Å². The SMILES string of the molecule is CCOC(=O)C1=C(c2cccc([N+](=O)[O-])c2)NC(=S)N[C@@H]1C. The number of nitrogens with one attached hydrogen (secondary N) is 2. The number of rotatable bonds is 4. The van der Waals surface area contributed by atoms with Crippen LogP contribution in [0.1, 0.15) is 19.4 Å². The third-order valence-corrected chi connectivity index (χ3v) is 3.35. The number of non-ortho nitro benzene ring substituents is 1. The minimum absolute atomic E-state index is 0.0629. The zero-order chi connectivity index (χ0) is 16.3. The molecule has 2 N–H and O–H groups in total. The van der Waals surface area contributed by atoms with E-state index in [9.17, 15) is 14.9 Å². The van der Waals surface area contributed by atoms with Crippen molar-refractivity contribution in [1.82, 2.24) is 10.6 Å². The molecule has 116 valence electrons. The van der Waals surface area contributed by atoms with Crippen LogP contribution in [-0.2, 0) is 9.53 Å². The maximum Gasteiger partial charge on any atom is 0.338 e. The number of hydrogen-bond acceptors (Lipinski definition) is 5. The fourth-order valence-corrected chi connectivity index (χ4v) is 2.47. The molecule has 0 saturated heterocycles. The summed E-state index contributed by atoms with van der Waals surface area (Å²) in [7, 11) is 0. The smallest absolute Gasteiger partial charge is 0.338 e. The van der Waals surface area contributed by atoms with Crippen molar-refractivity contribution in [3.63, 3.8) is 0 Å². The summed E-state index contributed by atoms with van der Waals surface area (Å²) in [6, 6.07) is 5.65. The second kappa shape index (κ2) is 6.52. The van der Waals surface area contributed by atoms with Gasteiger partial charge in [0.25, 0.3) is 5.69 Å². The van der Waals surface area contributed by atoms with Crippen LogP contribution < -0.4 is 10.6 Å². The second-order valence-electron chi connectivity index (χ2n) is 4.64. The second-order valence-corrected chi connectivity index (χ2v) is 5.04. The number of nitro groups is 1. The molecule has 7 nitrogen and oxygen atoms in total. The predicted octanol–water partition coefficient (Wildman–Crippen LogP) is 1.74. The molecule has 0 amide bonds. The van der Waals surface area contributed by atoms with Crippen LogP contribution in [0.2, 0.25) is 0 Å². The molecule has 1 aromatic rings. The summed E-state index contributed by atoms with van der Waals surface area (Å²) in [5.41, 5.74) is 1.23.